The summed E-state index contributed by atoms with van der Waals surface area (Å²) in [6.45, 7) is 0.173. The number of nitrogens with two attached hydrogens (primary N) is 1. The highest BCUT2D eigenvalue weighted by Gasteiger charge is 2.46. The van der Waals surface area contributed by atoms with Crippen LogP contribution < -0.4 is 15.4 Å². The summed E-state index contributed by atoms with van der Waals surface area (Å²) in [7, 11) is 1.12. The Labute approximate surface area is 254 Å². The lowest BCUT2D eigenvalue weighted by atomic mass is 9.92. The van der Waals surface area contributed by atoms with Crippen molar-refractivity contribution >= 4 is 43.1 Å². The van der Waals surface area contributed by atoms with Gasteiger partial charge >= 0.3 is 12.2 Å². The lowest BCUT2D eigenvalue weighted by molar-refractivity contribution is -0.137. The number of methoxy groups -OCH3 is 1. The molecule has 7 rings (SSSR count). The molecule has 0 saturated carbocycles. The average molecular weight is 657 g/mol. The van der Waals surface area contributed by atoms with E-state index in [-0.39, 0.29) is 26.5 Å². The first-order chi connectivity index (χ1) is 21.2. The highest BCUT2D eigenvalue weighted by Crippen LogP contribution is 2.48. The van der Waals surface area contributed by atoms with E-state index in [9.17, 15) is 36.0 Å². The van der Waals surface area contributed by atoms with E-state index in [1.807, 2.05) is 0 Å². The van der Waals surface area contributed by atoms with Gasteiger partial charge in [-0.3, -0.25) is 4.90 Å². The van der Waals surface area contributed by atoms with Gasteiger partial charge in [-0.1, -0.05) is 6.07 Å². The molecule has 3 aliphatic rings. The van der Waals surface area contributed by atoms with Crippen LogP contribution in [-0.4, -0.2) is 66.3 Å². The first-order valence-corrected chi connectivity index (χ1v) is 14.6. The summed E-state index contributed by atoms with van der Waals surface area (Å²) >= 11 is 0.638. The maximum atomic E-state index is 16.0. The van der Waals surface area contributed by atoms with Crippen molar-refractivity contribution in [2.45, 2.75) is 43.6 Å². The molecule has 0 amide bonds. The van der Waals surface area contributed by atoms with E-state index in [4.69, 9.17) is 10.5 Å². The van der Waals surface area contributed by atoms with Crippen LogP contribution in [0.5, 0.6) is 6.01 Å². The first kappa shape index (κ1) is 31.0. The zero-order chi connectivity index (χ0) is 32.4. The fraction of sp³-hybridized carbons (Fsp3) is 0.414. The second-order valence-corrected chi connectivity index (χ2v) is 12.2. The predicted octanol–water partition coefficient (Wildman–Crippen LogP) is 6.92. The number of nitrogens with zero attached hydrogens (tertiary/aromatic N) is 5. The molecular formula is C29H24F8N6OS. The number of halogens is 8. The minimum absolute atomic E-state index is 0.154. The number of alkyl halides is 6. The van der Waals surface area contributed by atoms with E-state index in [2.05, 4.69) is 14.9 Å². The van der Waals surface area contributed by atoms with E-state index in [0.29, 0.717) is 30.0 Å². The van der Waals surface area contributed by atoms with Crippen molar-refractivity contribution in [3.63, 3.8) is 0 Å². The third-order valence-electron chi connectivity index (χ3n) is 8.18. The lowest BCUT2D eigenvalue weighted by Gasteiger charge is -2.40. The van der Waals surface area contributed by atoms with Crippen LogP contribution in [0.2, 0.25) is 0 Å². The zero-order valence-corrected chi connectivity index (χ0v) is 24.3. The summed E-state index contributed by atoms with van der Waals surface area (Å²) < 4.78 is 118. The molecule has 3 fully saturated rings. The Morgan fingerprint density at radius 1 is 1.18 bits per heavy atom. The normalized spacial score (nSPS) is 20.9. The molecule has 2 N–H and O–H groups in total. The number of ether oxygens (including phenoxy) is 1. The molecule has 3 saturated heterocycles. The fourth-order valence-electron chi connectivity index (χ4n) is 6.21. The predicted molar refractivity (Wildman–Crippen MR) is 152 cm³/mol. The molecule has 7 nitrogen and oxygen atoms in total. The van der Waals surface area contributed by atoms with Gasteiger partial charge in [0.25, 0.3) is 5.92 Å². The van der Waals surface area contributed by atoms with Gasteiger partial charge in [0.1, 0.15) is 34.4 Å². The van der Waals surface area contributed by atoms with Crippen molar-refractivity contribution in [2.24, 2.45) is 0 Å². The Bertz CT molecular complexity index is 1840. The van der Waals surface area contributed by atoms with Crippen LogP contribution in [0.1, 0.15) is 30.4 Å². The standard InChI is InChI=1S/C22H12F7N5OS.C7H12FN/c1-35-20-32-16-9(19(33-20)34-6-21(25,26)7-34)4-11(22(27,28)29)14(15(16)24)8-2-3-12(23)17-13(8)10(5-30)18(31)36-17;8-6-4-7-2-1-3-9(7)5-6/h2-4H,6-7,31H2,1H3;6-7H,1-5H2. The van der Waals surface area contributed by atoms with Gasteiger partial charge in [-0.05, 0) is 43.5 Å². The largest absolute Gasteiger partial charge is 0.467 e. The van der Waals surface area contributed by atoms with Crippen molar-refractivity contribution < 1.29 is 39.9 Å². The van der Waals surface area contributed by atoms with E-state index in [1.54, 1.807) is 6.07 Å². The van der Waals surface area contributed by atoms with E-state index < -0.39 is 76.6 Å². The minimum Gasteiger partial charge on any atom is -0.467 e. The number of nitrogen functional groups attached to an aromatic ring is 1. The minimum atomic E-state index is -5.14. The Balaban J connectivity index is 0.000000337. The average Bonchev–Trinajstić information content (AvgIpc) is 3.64. The molecule has 4 aromatic rings. The maximum Gasteiger partial charge on any atom is 0.417 e. The summed E-state index contributed by atoms with van der Waals surface area (Å²) in [4.78, 5) is 11.0. The number of rotatable bonds is 3. The Hall–Kier alpha value is -3.97. The number of thiophene rings is 1. The molecule has 0 spiro atoms. The Morgan fingerprint density at radius 2 is 1.91 bits per heavy atom. The second-order valence-electron chi connectivity index (χ2n) is 11.1. The van der Waals surface area contributed by atoms with Crippen LogP contribution in [0.15, 0.2) is 18.2 Å². The van der Waals surface area contributed by atoms with Gasteiger partial charge in [-0.15, -0.1) is 11.3 Å². The SMILES string of the molecule is COc1nc(N2CC(F)(F)C2)c2cc(C(F)(F)F)c(-c3ccc(F)c4sc(N)c(C#N)c34)c(F)c2n1.FC1CC2CCCN2C1. The van der Waals surface area contributed by atoms with Crippen LogP contribution in [0.3, 0.4) is 0 Å². The van der Waals surface area contributed by atoms with Gasteiger partial charge in [0.15, 0.2) is 5.82 Å². The van der Waals surface area contributed by atoms with Crippen molar-refractivity contribution in [3.8, 4) is 23.2 Å². The summed E-state index contributed by atoms with van der Waals surface area (Å²) in [5, 5.41) is 8.61. The van der Waals surface area contributed by atoms with Crippen LogP contribution in [0.4, 0.5) is 45.9 Å². The smallest absolute Gasteiger partial charge is 0.417 e. The van der Waals surface area contributed by atoms with E-state index in [1.165, 1.54) is 12.8 Å². The molecule has 0 aliphatic carbocycles. The number of hydrogen-bond donors (Lipinski definition) is 1. The number of nitriles is 1. The van der Waals surface area contributed by atoms with Crippen molar-refractivity contribution in [1.29, 1.82) is 5.26 Å². The van der Waals surface area contributed by atoms with Crippen LogP contribution >= 0.6 is 11.3 Å². The van der Waals surface area contributed by atoms with Crippen LogP contribution in [-0.2, 0) is 6.18 Å². The third-order valence-corrected chi connectivity index (χ3v) is 9.21. The highest BCUT2D eigenvalue weighted by atomic mass is 32.1. The van der Waals surface area contributed by atoms with E-state index >= 15 is 4.39 Å². The molecule has 2 atom stereocenters. The summed E-state index contributed by atoms with van der Waals surface area (Å²) in [6.07, 6.45) is -2.33. The zero-order valence-electron chi connectivity index (χ0n) is 23.5. The lowest BCUT2D eigenvalue weighted by Crippen LogP contribution is -2.56. The molecule has 45 heavy (non-hydrogen) atoms. The van der Waals surface area contributed by atoms with Gasteiger partial charge in [0, 0.05) is 28.9 Å². The van der Waals surface area contributed by atoms with Gasteiger partial charge < -0.3 is 15.4 Å². The molecule has 16 heteroatoms. The second kappa shape index (κ2) is 11.1. The van der Waals surface area contributed by atoms with E-state index in [0.717, 1.165) is 37.1 Å². The summed E-state index contributed by atoms with van der Waals surface area (Å²) in [5.41, 5.74) is 1.91. The number of benzene rings is 2. The van der Waals surface area contributed by atoms with Crippen molar-refractivity contribution in [3.05, 3.63) is 41.0 Å². The van der Waals surface area contributed by atoms with Gasteiger partial charge in [-0.2, -0.15) is 28.4 Å². The number of hydrogen-bond acceptors (Lipinski definition) is 8. The van der Waals surface area contributed by atoms with Crippen LogP contribution in [0, 0.1) is 23.0 Å². The third kappa shape index (κ3) is 5.45. The number of fused-ring (bicyclic) bond motifs is 3. The first-order valence-electron chi connectivity index (χ1n) is 13.8. The summed E-state index contributed by atoms with van der Waals surface area (Å²) in [6, 6.07) is 4.19. The number of aromatic nitrogens is 2. The fourth-order valence-corrected chi connectivity index (χ4v) is 7.16. The molecular weight excluding hydrogens is 632 g/mol. The Kier molecular flexibility index (Phi) is 7.67. The molecule has 0 radical (unpaired) electrons. The Morgan fingerprint density at radius 3 is 2.53 bits per heavy atom. The maximum absolute atomic E-state index is 16.0. The van der Waals surface area contributed by atoms with Gasteiger partial charge in [-0.25, -0.2) is 22.0 Å². The molecule has 3 aliphatic heterocycles. The van der Waals surface area contributed by atoms with Crippen LogP contribution in [0.25, 0.3) is 32.1 Å². The monoisotopic (exact) mass is 656 g/mol. The molecule has 5 heterocycles. The van der Waals surface area contributed by atoms with Gasteiger partial charge in [0.2, 0.25) is 0 Å². The van der Waals surface area contributed by atoms with Crippen molar-refractivity contribution in [1.82, 2.24) is 14.9 Å². The molecule has 2 aromatic heterocycles. The quantitative estimate of drug-likeness (QED) is 0.240. The topological polar surface area (TPSA) is 91.3 Å². The molecule has 238 valence electrons. The van der Waals surface area contributed by atoms with Gasteiger partial charge in [0.05, 0.1) is 36.0 Å². The number of anilines is 2. The highest BCUT2D eigenvalue weighted by molar-refractivity contribution is 7.23. The summed E-state index contributed by atoms with van der Waals surface area (Å²) in [5.74, 6) is -5.79. The molecule has 2 unspecified atom stereocenters. The molecule has 0 bridgehead atoms. The molecule has 2 aromatic carbocycles. The van der Waals surface area contributed by atoms with Crippen molar-refractivity contribution in [2.75, 3.05) is 43.9 Å².